The van der Waals surface area contributed by atoms with E-state index in [9.17, 15) is 4.79 Å². The summed E-state index contributed by atoms with van der Waals surface area (Å²) in [6.45, 7) is 3.24. The molecule has 22 heavy (non-hydrogen) atoms. The average molecular weight is 314 g/mol. The van der Waals surface area contributed by atoms with Gasteiger partial charge in [0.05, 0.1) is 6.54 Å². The molecule has 0 atom stereocenters. The maximum Gasteiger partial charge on any atom is 0.152 e. The summed E-state index contributed by atoms with van der Waals surface area (Å²) in [5.41, 5.74) is 2.80. The van der Waals surface area contributed by atoms with Crippen molar-refractivity contribution in [1.29, 1.82) is 0 Å². The zero-order valence-electron chi connectivity index (χ0n) is 12.3. The minimum Gasteiger partial charge on any atom is -0.492 e. The van der Waals surface area contributed by atoms with Gasteiger partial charge in [-0.2, -0.15) is 0 Å². The van der Waals surface area contributed by atoms with Crippen molar-refractivity contribution < 1.29 is 9.53 Å². The molecular weight excluding hydrogens is 298 g/mol. The van der Waals surface area contributed by atoms with Gasteiger partial charge in [-0.3, -0.25) is 4.79 Å². The van der Waals surface area contributed by atoms with Crippen LogP contribution in [0.2, 0.25) is 5.02 Å². The summed E-state index contributed by atoms with van der Waals surface area (Å²) in [6.07, 6.45) is 2.70. The molecular formula is C18H16ClNO2. The lowest BCUT2D eigenvalue weighted by molar-refractivity contribution is 0.112. The van der Waals surface area contributed by atoms with Gasteiger partial charge in [-0.15, -0.1) is 0 Å². The van der Waals surface area contributed by atoms with Crippen LogP contribution in [0.4, 0.5) is 0 Å². The number of carbonyl (C=O) groups excluding carboxylic acids is 1. The molecule has 3 rings (SSSR count). The monoisotopic (exact) mass is 313 g/mol. The van der Waals surface area contributed by atoms with E-state index in [1.54, 1.807) is 0 Å². The molecule has 2 aromatic carbocycles. The number of hydrogen-bond donors (Lipinski definition) is 0. The largest absolute Gasteiger partial charge is 0.492 e. The van der Waals surface area contributed by atoms with Crippen LogP contribution in [0.25, 0.3) is 10.9 Å². The number of rotatable bonds is 5. The number of carbonyl (C=O) groups is 1. The maximum atomic E-state index is 11.2. The number of aromatic nitrogens is 1. The molecule has 0 saturated carbocycles. The van der Waals surface area contributed by atoms with Crippen molar-refractivity contribution in [2.24, 2.45) is 0 Å². The number of fused-ring (bicyclic) bond motifs is 1. The molecule has 0 amide bonds. The van der Waals surface area contributed by atoms with E-state index in [0.29, 0.717) is 23.7 Å². The Morgan fingerprint density at radius 3 is 2.86 bits per heavy atom. The van der Waals surface area contributed by atoms with Crippen molar-refractivity contribution in [2.45, 2.75) is 13.5 Å². The highest BCUT2D eigenvalue weighted by atomic mass is 35.5. The zero-order valence-corrected chi connectivity index (χ0v) is 13.0. The lowest BCUT2D eigenvalue weighted by Crippen LogP contribution is -2.07. The Hall–Kier alpha value is -2.26. The van der Waals surface area contributed by atoms with Crippen LogP contribution in [0.3, 0.4) is 0 Å². The fraction of sp³-hybridized carbons (Fsp3) is 0.167. The second-order valence-corrected chi connectivity index (χ2v) is 5.66. The van der Waals surface area contributed by atoms with Crippen LogP contribution in [0, 0.1) is 6.92 Å². The summed E-state index contributed by atoms with van der Waals surface area (Å²) in [6, 6.07) is 13.5. The van der Waals surface area contributed by atoms with Crippen LogP contribution in [-0.2, 0) is 6.54 Å². The molecule has 0 aliphatic rings. The predicted molar refractivity (Wildman–Crippen MR) is 89.0 cm³/mol. The molecule has 3 nitrogen and oxygen atoms in total. The Morgan fingerprint density at radius 1 is 1.23 bits per heavy atom. The van der Waals surface area contributed by atoms with Crippen LogP contribution < -0.4 is 4.74 Å². The van der Waals surface area contributed by atoms with Gasteiger partial charge in [0.1, 0.15) is 12.4 Å². The van der Waals surface area contributed by atoms with E-state index in [4.69, 9.17) is 16.3 Å². The molecule has 0 unspecified atom stereocenters. The van der Waals surface area contributed by atoms with Crippen molar-refractivity contribution in [2.75, 3.05) is 6.61 Å². The number of hydrogen-bond acceptors (Lipinski definition) is 2. The lowest BCUT2D eigenvalue weighted by atomic mass is 10.2. The van der Waals surface area contributed by atoms with E-state index >= 15 is 0 Å². The molecule has 4 heteroatoms. The normalized spacial score (nSPS) is 10.8. The molecule has 0 N–H and O–H groups in total. The lowest BCUT2D eigenvalue weighted by Gasteiger charge is -2.09. The van der Waals surface area contributed by atoms with Gasteiger partial charge in [-0.25, -0.2) is 0 Å². The first-order chi connectivity index (χ1) is 10.7. The molecule has 3 aromatic rings. The molecule has 0 bridgehead atoms. The van der Waals surface area contributed by atoms with Crippen LogP contribution in [0.5, 0.6) is 5.75 Å². The number of nitrogens with zero attached hydrogens (tertiary/aromatic N) is 1. The SMILES string of the molecule is Cc1cccc(OCCn2cc(C=O)c3cc(Cl)ccc32)c1. The number of ether oxygens (including phenoxy) is 1. The zero-order chi connectivity index (χ0) is 15.5. The Morgan fingerprint density at radius 2 is 2.09 bits per heavy atom. The highest BCUT2D eigenvalue weighted by Gasteiger charge is 2.08. The van der Waals surface area contributed by atoms with Crippen LogP contribution in [-0.4, -0.2) is 17.5 Å². The molecule has 112 valence electrons. The minimum absolute atomic E-state index is 0.536. The van der Waals surface area contributed by atoms with Gasteiger partial charge >= 0.3 is 0 Å². The summed E-state index contributed by atoms with van der Waals surface area (Å²) >= 11 is 6.01. The van der Waals surface area contributed by atoms with Gasteiger partial charge in [0, 0.05) is 27.7 Å². The number of benzene rings is 2. The van der Waals surface area contributed by atoms with Gasteiger partial charge in [0.25, 0.3) is 0 Å². The van der Waals surface area contributed by atoms with Gasteiger partial charge in [0.15, 0.2) is 6.29 Å². The third kappa shape index (κ3) is 3.00. The van der Waals surface area contributed by atoms with Crippen molar-refractivity contribution in [3.63, 3.8) is 0 Å². The number of aryl methyl sites for hydroxylation is 1. The molecule has 0 aliphatic heterocycles. The van der Waals surface area contributed by atoms with E-state index in [1.165, 1.54) is 5.56 Å². The minimum atomic E-state index is 0.536. The first-order valence-electron chi connectivity index (χ1n) is 7.10. The molecule has 0 radical (unpaired) electrons. The second-order valence-electron chi connectivity index (χ2n) is 5.22. The summed E-state index contributed by atoms with van der Waals surface area (Å²) in [5, 5.41) is 1.50. The first-order valence-corrected chi connectivity index (χ1v) is 7.48. The van der Waals surface area contributed by atoms with E-state index in [-0.39, 0.29) is 0 Å². The quantitative estimate of drug-likeness (QED) is 0.650. The second kappa shape index (κ2) is 6.24. The first kappa shape index (κ1) is 14.7. The van der Waals surface area contributed by atoms with Crippen LogP contribution in [0.15, 0.2) is 48.7 Å². The summed E-state index contributed by atoms with van der Waals surface area (Å²) < 4.78 is 7.79. The van der Waals surface area contributed by atoms with Crippen LogP contribution in [0.1, 0.15) is 15.9 Å². The summed E-state index contributed by atoms with van der Waals surface area (Å²) in [4.78, 5) is 11.2. The number of halogens is 1. The molecule has 0 aliphatic carbocycles. The van der Waals surface area contributed by atoms with Gasteiger partial charge in [-0.05, 0) is 42.8 Å². The Kier molecular flexibility index (Phi) is 4.16. The maximum absolute atomic E-state index is 11.2. The molecule has 0 saturated heterocycles. The Labute approximate surface area is 134 Å². The van der Waals surface area contributed by atoms with E-state index in [1.807, 2.05) is 60.2 Å². The highest BCUT2D eigenvalue weighted by Crippen LogP contribution is 2.24. The van der Waals surface area contributed by atoms with Crippen molar-refractivity contribution in [3.8, 4) is 5.75 Å². The fourth-order valence-corrected chi connectivity index (χ4v) is 2.71. The summed E-state index contributed by atoms with van der Waals surface area (Å²) in [7, 11) is 0. The smallest absolute Gasteiger partial charge is 0.152 e. The van der Waals surface area contributed by atoms with Crippen LogP contribution >= 0.6 is 11.6 Å². The van der Waals surface area contributed by atoms with Crippen molar-refractivity contribution >= 4 is 28.8 Å². The molecule has 0 fully saturated rings. The molecule has 1 heterocycles. The Balaban J connectivity index is 1.78. The van der Waals surface area contributed by atoms with Gasteiger partial charge < -0.3 is 9.30 Å². The fourth-order valence-electron chi connectivity index (χ4n) is 2.54. The average Bonchev–Trinajstić information content (AvgIpc) is 2.84. The standard InChI is InChI=1S/C18H16ClNO2/c1-13-3-2-4-16(9-13)22-8-7-20-11-14(12-21)17-10-15(19)5-6-18(17)20/h2-6,9-12H,7-8H2,1H3. The molecule has 1 aromatic heterocycles. The highest BCUT2D eigenvalue weighted by molar-refractivity contribution is 6.31. The summed E-state index contributed by atoms with van der Waals surface area (Å²) in [5.74, 6) is 0.857. The van der Waals surface area contributed by atoms with E-state index < -0.39 is 0 Å². The Bertz CT molecular complexity index is 823. The van der Waals surface area contributed by atoms with Gasteiger partial charge in [-0.1, -0.05) is 23.7 Å². The molecule has 0 spiro atoms. The predicted octanol–water partition coefficient (Wildman–Crippen LogP) is 4.49. The van der Waals surface area contributed by atoms with E-state index in [0.717, 1.165) is 22.9 Å². The third-order valence-corrected chi connectivity index (χ3v) is 3.83. The van der Waals surface area contributed by atoms with Gasteiger partial charge in [0.2, 0.25) is 0 Å². The topological polar surface area (TPSA) is 31.2 Å². The van der Waals surface area contributed by atoms with Crippen molar-refractivity contribution in [1.82, 2.24) is 4.57 Å². The number of aldehydes is 1. The van der Waals surface area contributed by atoms with Crippen molar-refractivity contribution in [3.05, 3.63) is 64.8 Å². The van der Waals surface area contributed by atoms with E-state index in [2.05, 4.69) is 0 Å². The third-order valence-electron chi connectivity index (χ3n) is 3.59.